The smallest absolute Gasteiger partial charge is 0.145 e. The summed E-state index contributed by atoms with van der Waals surface area (Å²) in [6.45, 7) is 0. The van der Waals surface area contributed by atoms with Gasteiger partial charge in [-0.25, -0.2) is 4.98 Å². The second-order valence-electron chi connectivity index (χ2n) is 3.09. The normalized spacial score (nSPS) is 9.87. The van der Waals surface area contributed by atoms with E-state index >= 15 is 0 Å². The Balaban J connectivity index is 2.15. The summed E-state index contributed by atoms with van der Waals surface area (Å²) in [5.74, 6) is 1.84. The minimum atomic E-state index is 0.472. The van der Waals surface area contributed by atoms with Crippen LogP contribution in [0.5, 0.6) is 11.5 Å². The molecule has 0 radical (unpaired) electrons. The van der Waals surface area contributed by atoms with Crippen LogP contribution in [-0.2, 0) is 0 Å². The molecule has 15 heavy (non-hydrogen) atoms. The Hall–Kier alpha value is -2.23. The molecule has 4 nitrogen and oxygen atoms in total. The van der Waals surface area contributed by atoms with Crippen molar-refractivity contribution in [3.05, 3.63) is 42.6 Å². The maximum atomic E-state index is 5.56. The van der Waals surface area contributed by atoms with Crippen molar-refractivity contribution >= 4 is 11.5 Å². The maximum Gasteiger partial charge on any atom is 0.145 e. The van der Waals surface area contributed by atoms with Crippen LogP contribution in [0.4, 0.5) is 11.5 Å². The number of benzene rings is 1. The van der Waals surface area contributed by atoms with Gasteiger partial charge in [-0.15, -0.1) is 0 Å². The second-order valence-corrected chi connectivity index (χ2v) is 3.09. The first-order valence-electron chi connectivity index (χ1n) is 4.49. The molecule has 1 aromatic carbocycles. The molecule has 0 unspecified atom stereocenters. The van der Waals surface area contributed by atoms with Gasteiger partial charge in [0.1, 0.15) is 17.3 Å². The number of hydrogen-bond donors (Lipinski definition) is 2. The number of nitrogen functional groups attached to an aromatic ring is 2. The van der Waals surface area contributed by atoms with E-state index < -0.39 is 0 Å². The molecular formula is C11H11N3O. The van der Waals surface area contributed by atoms with Crippen LogP contribution in [0, 0.1) is 0 Å². The fourth-order valence-corrected chi connectivity index (χ4v) is 1.12. The number of rotatable bonds is 2. The van der Waals surface area contributed by atoms with Gasteiger partial charge in [0.2, 0.25) is 0 Å². The summed E-state index contributed by atoms with van der Waals surface area (Å²) >= 11 is 0. The maximum absolute atomic E-state index is 5.56. The monoisotopic (exact) mass is 201 g/mol. The van der Waals surface area contributed by atoms with Gasteiger partial charge in [-0.05, 0) is 36.4 Å². The molecule has 4 heteroatoms. The second kappa shape index (κ2) is 3.88. The summed E-state index contributed by atoms with van der Waals surface area (Å²) in [7, 11) is 0. The summed E-state index contributed by atoms with van der Waals surface area (Å²) in [5, 5.41) is 0. The Bertz CT molecular complexity index is 393. The van der Waals surface area contributed by atoms with E-state index in [1.807, 2.05) is 0 Å². The van der Waals surface area contributed by atoms with Crippen molar-refractivity contribution in [1.82, 2.24) is 4.98 Å². The van der Waals surface area contributed by atoms with Crippen LogP contribution in [0.1, 0.15) is 0 Å². The van der Waals surface area contributed by atoms with E-state index in [0.717, 1.165) is 5.75 Å². The predicted octanol–water partition coefficient (Wildman–Crippen LogP) is 2.04. The lowest BCUT2D eigenvalue weighted by Crippen LogP contribution is -1.90. The van der Waals surface area contributed by atoms with Crippen molar-refractivity contribution in [2.75, 3.05) is 11.5 Å². The molecular weight excluding hydrogens is 190 g/mol. The summed E-state index contributed by atoms with van der Waals surface area (Å²) in [6, 6.07) is 10.6. The average molecular weight is 201 g/mol. The number of anilines is 2. The zero-order valence-corrected chi connectivity index (χ0v) is 8.05. The number of nitrogens with two attached hydrogens (primary N) is 2. The Morgan fingerprint density at radius 2 is 1.53 bits per heavy atom. The third-order valence-electron chi connectivity index (χ3n) is 1.88. The fourth-order valence-electron chi connectivity index (χ4n) is 1.12. The standard InChI is InChI=1S/C11H11N3O/c12-8-1-3-9(4-2-8)15-10-5-6-11(13)14-7-10/h1-7H,12H2,(H2,13,14). The first-order valence-corrected chi connectivity index (χ1v) is 4.49. The molecule has 0 amide bonds. The Morgan fingerprint density at radius 1 is 0.867 bits per heavy atom. The number of aromatic nitrogens is 1. The first kappa shape index (κ1) is 9.33. The van der Waals surface area contributed by atoms with Gasteiger partial charge in [0.15, 0.2) is 0 Å². The third kappa shape index (κ3) is 2.37. The van der Waals surface area contributed by atoms with Crippen LogP contribution in [-0.4, -0.2) is 4.98 Å². The lowest BCUT2D eigenvalue weighted by Gasteiger charge is -2.05. The summed E-state index contributed by atoms with van der Waals surface area (Å²) in [6.07, 6.45) is 1.58. The van der Waals surface area contributed by atoms with E-state index in [1.165, 1.54) is 0 Å². The highest BCUT2D eigenvalue weighted by Crippen LogP contribution is 2.21. The van der Waals surface area contributed by atoms with E-state index in [2.05, 4.69) is 4.98 Å². The Morgan fingerprint density at radius 3 is 2.13 bits per heavy atom. The van der Waals surface area contributed by atoms with Crippen molar-refractivity contribution in [2.45, 2.75) is 0 Å². The molecule has 2 aromatic rings. The van der Waals surface area contributed by atoms with E-state index in [1.54, 1.807) is 42.6 Å². The zero-order chi connectivity index (χ0) is 10.7. The van der Waals surface area contributed by atoms with E-state index in [-0.39, 0.29) is 0 Å². The molecule has 0 spiro atoms. The van der Waals surface area contributed by atoms with Crippen molar-refractivity contribution in [1.29, 1.82) is 0 Å². The average Bonchev–Trinajstić information content (AvgIpc) is 2.25. The van der Waals surface area contributed by atoms with Gasteiger partial charge in [0, 0.05) is 5.69 Å². The minimum Gasteiger partial charge on any atom is -0.456 e. The molecule has 0 saturated carbocycles. The molecule has 1 heterocycles. The topological polar surface area (TPSA) is 74.2 Å². The molecule has 1 aromatic heterocycles. The molecule has 76 valence electrons. The van der Waals surface area contributed by atoms with Crippen LogP contribution < -0.4 is 16.2 Å². The van der Waals surface area contributed by atoms with Gasteiger partial charge in [-0.3, -0.25) is 0 Å². The van der Waals surface area contributed by atoms with Crippen LogP contribution in [0.15, 0.2) is 42.6 Å². The van der Waals surface area contributed by atoms with Crippen LogP contribution in [0.3, 0.4) is 0 Å². The number of hydrogen-bond acceptors (Lipinski definition) is 4. The molecule has 0 aliphatic rings. The van der Waals surface area contributed by atoms with Crippen molar-refractivity contribution in [3.8, 4) is 11.5 Å². The van der Waals surface area contributed by atoms with E-state index in [4.69, 9.17) is 16.2 Å². The van der Waals surface area contributed by atoms with Gasteiger partial charge < -0.3 is 16.2 Å². The van der Waals surface area contributed by atoms with Gasteiger partial charge in [-0.2, -0.15) is 0 Å². The largest absolute Gasteiger partial charge is 0.456 e. The lowest BCUT2D eigenvalue weighted by atomic mass is 10.3. The molecule has 0 aliphatic carbocycles. The highest BCUT2D eigenvalue weighted by Gasteiger charge is 1.96. The van der Waals surface area contributed by atoms with Crippen LogP contribution >= 0.6 is 0 Å². The highest BCUT2D eigenvalue weighted by molar-refractivity contribution is 5.43. The molecule has 4 N–H and O–H groups in total. The Kier molecular flexibility index (Phi) is 2.41. The predicted molar refractivity (Wildman–Crippen MR) is 59.6 cm³/mol. The van der Waals surface area contributed by atoms with Crippen molar-refractivity contribution < 1.29 is 4.74 Å². The number of pyridine rings is 1. The first-order chi connectivity index (χ1) is 7.24. The van der Waals surface area contributed by atoms with Gasteiger partial charge in [0.05, 0.1) is 6.20 Å². The fraction of sp³-hybridized carbons (Fsp3) is 0. The minimum absolute atomic E-state index is 0.472. The summed E-state index contributed by atoms with van der Waals surface area (Å²) < 4.78 is 5.51. The zero-order valence-electron chi connectivity index (χ0n) is 8.05. The molecule has 2 rings (SSSR count). The number of nitrogens with zero attached hydrogens (tertiary/aromatic N) is 1. The summed E-state index contributed by atoms with van der Waals surface area (Å²) in [4.78, 5) is 3.92. The van der Waals surface area contributed by atoms with E-state index in [0.29, 0.717) is 17.3 Å². The SMILES string of the molecule is Nc1ccc(Oc2ccc(N)nc2)cc1. The third-order valence-corrected chi connectivity index (χ3v) is 1.88. The van der Waals surface area contributed by atoms with Gasteiger partial charge in [-0.1, -0.05) is 0 Å². The van der Waals surface area contributed by atoms with Crippen molar-refractivity contribution in [3.63, 3.8) is 0 Å². The molecule has 0 atom stereocenters. The Labute approximate surface area is 87.5 Å². The van der Waals surface area contributed by atoms with Gasteiger partial charge in [0.25, 0.3) is 0 Å². The lowest BCUT2D eigenvalue weighted by molar-refractivity contribution is 0.480. The molecule has 0 saturated heterocycles. The van der Waals surface area contributed by atoms with Crippen LogP contribution in [0.2, 0.25) is 0 Å². The summed E-state index contributed by atoms with van der Waals surface area (Å²) in [5.41, 5.74) is 11.7. The highest BCUT2D eigenvalue weighted by atomic mass is 16.5. The van der Waals surface area contributed by atoms with Gasteiger partial charge >= 0.3 is 0 Å². The molecule has 0 aliphatic heterocycles. The van der Waals surface area contributed by atoms with Crippen molar-refractivity contribution in [2.24, 2.45) is 0 Å². The van der Waals surface area contributed by atoms with E-state index in [9.17, 15) is 0 Å². The van der Waals surface area contributed by atoms with Crippen LogP contribution in [0.25, 0.3) is 0 Å². The quantitative estimate of drug-likeness (QED) is 0.729. The molecule has 0 bridgehead atoms. The number of ether oxygens (including phenoxy) is 1. The molecule has 0 fully saturated rings.